The van der Waals surface area contributed by atoms with Crippen molar-refractivity contribution in [3.05, 3.63) is 57.5 Å². The van der Waals surface area contributed by atoms with Gasteiger partial charge in [-0.2, -0.15) is 0 Å². The van der Waals surface area contributed by atoms with Crippen LogP contribution in [0.3, 0.4) is 0 Å². The van der Waals surface area contributed by atoms with Crippen LogP contribution in [0.5, 0.6) is 0 Å². The second kappa shape index (κ2) is 6.39. The van der Waals surface area contributed by atoms with Gasteiger partial charge >= 0.3 is 125 Å². The molecule has 0 atom stereocenters. The predicted octanol–water partition coefficient (Wildman–Crippen LogP) is 2.49. The Hall–Kier alpha value is 0.439. The summed E-state index contributed by atoms with van der Waals surface area (Å²) >= 11 is 8.15. The Labute approximate surface area is 123 Å². The SMILES string of the molecule is Brc1cccc([Se][Se]c2cccc(Br)c2)c1. The van der Waals surface area contributed by atoms with Crippen LogP contribution < -0.4 is 8.92 Å². The zero-order valence-corrected chi connectivity index (χ0v) is 14.8. The summed E-state index contributed by atoms with van der Waals surface area (Å²) < 4.78 is 5.28. The van der Waals surface area contributed by atoms with Gasteiger partial charge in [-0.3, -0.25) is 0 Å². The van der Waals surface area contributed by atoms with E-state index < -0.39 is 0 Å². The van der Waals surface area contributed by atoms with Crippen LogP contribution in [0, 0.1) is 0 Å². The van der Waals surface area contributed by atoms with Crippen LogP contribution >= 0.6 is 31.9 Å². The molecule has 82 valence electrons. The third-order valence-corrected chi connectivity index (χ3v) is 9.97. The molecular formula is C12H8Br2Se2. The van der Waals surface area contributed by atoms with E-state index in [2.05, 4.69) is 80.4 Å². The maximum atomic E-state index is 3.51. The molecule has 4 heteroatoms. The second-order valence-corrected chi connectivity index (χ2v) is 11.2. The molecule has 2 aromatic carbocycles. The first-order chi connectivity index (χ1) is 7.74. The quantitative estimate of drug-likeness (QED) is 0.606. The molecule has 0 fully saturated rings. The molecule has 0 radical (unpaired) electrons. The summed E-state index contributed by atoms with van der Waals surface area (Å²) in [6.07, 6.45) is 0. The van der Waals surface area contributed by atoms with Gasteiger partial charge in [0.2, 0.25) is 0 Å². The summed E-state index contributed by atoms with van der Waals surface area (Å²) in [6, 6.07) is 17.2. The van der Waals surface area contributed by atoms with Crippen molar-refractivity contribution in [2.45, 2.75) is 0 Å². The van der Waals surface area contributed by atoms with Crippen LogP contribution in [-0.4, -0.2) is 26.3 Å². The third kappa shape index (κ3) is 4.03. The number of benzene rings is 2. The van der Waals surface area contributed by atoms with Gasteiger partial charge in [-0.1, -0.05) is 0 Å². The van der Waals surface area contributed by atoms with E-state index in [1.54, 1.807) is 0 Å². The molecule has 0 aromatic heterocycles. The van der Waals surface area contributed by atoms with Crippen molar-refractivity contribution >= 4 is 67.0 Å². The molecule has 0 nitrogen and oxygen atoms in total. The molecule has 0 aliphatic carbocycles. The molecule has 0 saturated carbocycles. The van der Waals surface area contributed by atoms with Gasteiger partial charge in [-0.05, 0) is 0 Å². The van der Waals surface area contributed by atoms with Crippen LogP contribution in [0.4, 0.5) is 0 Å². The summed E-state index contributed by atoms with van der Waals surface area (Å²) in [4.78, 5) is 0. The molecule has 2 aromatic rings. The van der Waals surface area contributed by atoms with Crippen LogP contribution in [0.1, 0.15) is 0 Å². The topological polar surface area (TPSA) is 0 Å². The van der Waals surface area contributed by atoms with Gasteiger partial charge in [0, 0.05) is 0 Å². The predicted molar refractivity (Wildman–Crippen MR) is 79.1 cm³/mol. The van der Waals surface area contributed by atoms with E-state index in [4.69, 9.17) is 0 Å². The van der Waals surface area contributed by atoms with E-state index in [0.29, 0.717) is 26.3 Å². The normalized spacial score (nSPS) is 10.4. The summed E-state index contributed by atoms with van der Waals surface area (Å²) in [6.45, 7) is 0. The number of hydrogen-bond donors (Lipinski definition) is 0. The van der Waals surface area contributed by atoms with Crippen molar-refractivity contribution < 1.29 is 0 Å². The van der Waals surface area contributed by atoms with E-state index >= 15 is 0 Å². The monoisotopic (exact) mass is 470 g/mol. The van der Waals surface area contributed by atoms with Crippen molar-refractivity contribution in [1.29, 1.82) is 0 Å². The Morgan fingerprint density at radius 2 is 1.12 bits per heavy atom. The minimum absolute atomic E-state index is 0.567. The average Bonchev–Trinajstić information content (AvgIpc) is 2.27. The number of rotatable bonds is 3. The van der Waals surface area contributed by atoms with E-state index in [0.717, 1.165) is 0 Å². The molecule has 16 heavy (non-hydrogen) atoms. The number of halogens is 2. The first kappa shape index (κ1) is 12.9. The van der Waals surface area contributed by atoms with Crippen molar-refractivity contribution in [2.24, 2.45) is 0 Å². The van der Waals surface area contributed by atoms with Crippen LogP contribution in [-0.2, 0) is 0 Å². The molecule has 0 aliphatic heterocycles. The number of hydrogen-bond acceptors (Lipinski definition) is 0. The molecule has 0 spiro atoms. The van der Waals surface area contributed by atoms with Crippen molar-refractivity contribution in [3.63, 3.8) is 0 Å². The van der Waals surface area contributed by atoms with Gasteiger partial charge in [-0.15, -0.1) is 0 Å². The molecule has 0 heterocycles. The molecule has 0 unspecified atom stereocenters. The second-order valence-electron chi connectivity index (χ2n) is 3.08. The summed E-state index contributed by atoms with van der Waals surface area (Å²) in [5.74, 6) is 0. The molecule has 2 rings (SSSR count). The van der Waals surface area contributed by atoms with Gasteiger partial charge in [0.25, 0.3) is 0 Å². The Morgan fingerprint density at radius 1 is 0.688 bits per heavy atom. The van der Waals surface area contributed by atoms with Crippen molar-refractivity contribution in [3.8, 4) is 0 Å². The zero-order valence-electron chi connectivity index (χ0n) is 8.19. The van der Waals surface area contributed by atoms with Gasteiger partial charge in [-0.25, -0.2) is 0 Å². The fourth-order valence-corrected chi connectivity index (χ4v) is 8.67. The summed E-state index contributed by atoms with van der Waals surface area (Å²) in [7, 11) is 0. The minimum atomic E-state index is 0.567. The first-order valence-corrected chi connectivity index (χ1v) is 12.2. The molecular weight excluding hydrogens is 462 g/mol. The molecule has 0 bridgehead atoms. The Balaban J connectivity index is 2.02. The Morgan fingerprint density at radius 3 is 1.50 bits per heavy atom. The average molecular weight is 470 g/mol. The first-order valence-electron chi connectivity index (χ1n) is 4.60. The van der Waals surface area contributed by atoms with Gasteiger partial charge in [0.05, 0.1) is 0 Å². The standard InChI is InChI=1S/C12H8Br2Se2/c13-9-3-1-5-11(7-9)15-16-12-6-2-4-10(14)8-12/h1-8H. The van der Waals surface area contributed by atoms with Gasteiger partial charge < -0.3 is 0 Å². The van der Waals surface area contributed by atoms with Crippen LogP contribution in [0.15, 0.2) is 57.5 Å². The van der Waals surface area contributed by atoms with Crippen LogP contribution in [0.25, 0.3) is 0 Å². The molecule has 0 N–H and O–H groups in total. The molecule has 0 amide bonds. The third-order valence-electron chi connectivity index (χ3n) is 1.83. The Kier molecular flexibility index (Phi) is 5.15. The Bertz CT molecular complexity index is 440. The fourth-order valence-electron chi connectivity index (χ4n) is 1.13. The van der Waals surface area contributed by atoms with Gasteiger partial charge in [0.1, 0.15) is 0 Å². The summed E-state index contributed by atoms with van der Waals surface area (Å²) in [5.41, 5.74) is 0. The van der Waals surface area contributed by atoms with E-state index in [1.165, 1.54) is 17.9 Å². The van der Waals surface area contributed by atoms with Crippen LogP contribution in [0.2, 0.25) is 0 Å². The van der Waals surface area contributed by atoms with Crippen molar-refractivity contribution in [1.82, 2.24) is 0 Å². The molecule has 0 saturated heterocycles. The van der Waals surface area contributed by atoms with Crippen molar-refractivity contribution in [2.75, 3.05) is 0 Å². The van der Waals surface area contributed by atoms with Gasteiger partial charge in [0.15, 0.2) is 0 Å². The summed E-state index contributed by atoms with van der Waals surface area (Å²) in [5, 5.41) is 0. The maximum absolute atomic E-state index is 3.51. The molecule has 0 aliphatic rings. The van der Waals surface area contributed by atoms with E-state index in [-0.39, 0.29) is 0 Å². The van der Waals surface area contributed by atoms with E-state index in [1.807, 2.05) is 0 Å². The van der Waals surface area contributed by atoms with E-state index in [9.17, 15) is 0 Å². The fraction of sp³-hybridized carbons (Fsp3) is 0. The zero-order chi connectivity index (χ0) is 11.4.